The molecule has 0 aromatic heterocycles. The molecule has 17 atom stereocenters. The molecule has 0 radical (unpaired) electrons. The number of hydrogen-bond acceptors (Lipinski definition) is 9. The SMILES string of the molecule is CCCC1CCC2OC(C(O)C(C)(O)C3CCC4(O)C5=CC(=O)C6CC(O)C(O)CC6(CCC6CCC(N)NC6)C5CCC34C3CCCC3)C(C)C2CC1. The Kier molecular flexibility index (Phi) is 11.1. The summed E-state index contributed by atoms with van der Waals surface area (Å²) in [6.07, 6.45) is 16.4. The van der Waals surface area contributed by atoms with Crippen LogP contribution < -0.4 is 11.1 Å². The minimum Gasteiger partial charge on any atom is -0.390 e. The molecule has 2 heterocycles. The van der Waals surface area contributed by atoms with E-state index in [1.54, 1.807) is 6.08 Å². The van der Waals surface area contributed by atoms with Crippen LogP contribution >= 0.6 is 0 Å². The lowest BCUT2D eigenvalue weighted by Crippen LogP contribution is -2.66. The third-order valence-corrected chi connectivity index (χ3v) is 18.2. The van der Waals surface area contributed by atoms with Gasteiger partial charge >= 0.3 is 0 Å². The van der Waals surface area contributed by atoms with Gasteiger partial charge in [0.1, 0.15) is 6.10 Å². The molecular weight excluding hydrogens is 681 g/mol. The van der Waals surface area contributed by atoms with Crippen molar-refractivity contribution in [1.82, 2.24) is 5.32 Å². The first kappa shape index (κ1) is 39.9. The van der Waals surface area contributed by atoms with Gasteiger partial charge < -0.3 is 41.3 Å². The van der Waals surface area contributed by atoms with Crippen LogP contribution in [-0.2, 0) is 9.53 Å². The van der Waals surface area contributed by atoms with Crippen molar-refractivity contribution < 1.29 is 35.1 Å². The van der Waals surface area contributed by atoms with Crippen LogP contribution in [0.5, 0.6) is 0 Å². The molecule has 6 aliphatic carbocycles. The molecule has 9 nitrogen and oxygen atoms in total. The molecule has 2 saturated heterocycles. The van der Waals surface area contributed by atoms with Crippen LogP contribution in [0.3, 0.4) is 0 Å². The molecule has 0 spiro atoms. The molecule has 2 aliphatic heterocycles. The van der Waals surface area contributed by atoms with E-state index in [9.17, 15) is 30.3 Å². The van der Waals surface area contributed by atoms with Crippen molar-refractivity contribution in [3.05, 3.63) is 11.6 Å². The highest BCUT2D eigenvalue weighted by molar-refractivity contribution is 5.95. The molecule has 306 valence electrons. The Morgan fingerprint density at radius 3 is 2.43 bits per heavy atom. The predicted molar refractivity (Wildman–Crippen MR) is 208 cm³/mol. The number of hydrogen-bond donors (Lipinski definition) is 7. The van der Waals surface area contributed by atoms with Crippen molar-refractivity contribution in [3.8, 4) is 0 Å². The number of allylic oxidation sites excluding steroid dienone is 1. The van der Waals surface area contributed by atoms with Gasteiger partial charge in [0.2, 0.25) is 0 Å². The predicted octanol–water partition coefficient (Wildman–Crippen LogP) is 5.53. The van der Waals surface area contributed by atoms with Crippen LogP contribution in [-0.4, -0.2) is 85.7 Å². The number of ketones is 1. The Morgan fingerprint density at radius 1 is 0.963 bits per heavy atom. The largest absolute Gasteiger partial charge is 0.390 e. The molecule has 17 unspecified atom stereocenters. The quantitative estimate of drug-likeness (QED) is 0.160. The van der Waals surface area contributed by atoms with Crippen LogP contribution in [0.4, 0.5) is 0 Å². The van der Waals surface area contributed by atoms with E-state index in [4.69, 9.17) is 10.5 Å². The lowest BCUT2D eigenvalue weighted by Gasteiger charge is -2.64. The number of aliphatic hydroxyl groups is 5. The van der Waals surface area contributed by atoms with Gasteiger partial charge in [-0.2, -0.15) is 0 Å². The second kappa shape index (κ2) is 15.0. The number of carbonyl (C=O) groups excluding carboxylic acids is 1. The Hall–Kier alpha value is -0.910. The molecular formula is C45H74N2O7. The first-order valence-corrected chi connectivity index (χ1v) is 22.7. The highest BCUT2D eigenvalue weighted by atomic mass is 16.5. The van der Waals surface area contributed by atoms with Crippen molar-refractivity contribution >= 4 is 5.78 Å². The van der Waals surface area contributed by atoms with Gasteiger partial charge in [-0.05, 0) is 168 Å². The van der Waals surface area contributed by atoms with Gasteiger partial charge in [-0.25, -0.2) is 0 Å². The summed E-state index contributed by atoms with van der Waals surface area (Å²) in [5.41, 5.74) is 2.98. The summed E-state index contributed by atoms with van der Waals surface area (Å²) >= 11 is 0. The molecule has 5 saturated carbocycles. The first-order valence-electron chi connectivity index (χ1n) is 22.7. The maximum absolute atomic E-state index is 14.5. The fourth-order valence-electron chi connectivity index (χ4n) is 15.4. The standard InChI is InChI=1S/C45H74N2O7/c1-4-7-27-10-13-30-26(2)40(54-37(30)14-11-27)41(51)42(3,52)38-18-21-45(53)32-22-34(48)33-23-35(49)36(50)24-43(33,19-16-28-12-15-39(46)47-25-28)31(32)17-20-44(38,45)29-8-5-6-9-29/h22,26-31,33,35-41,47,49-53H,4-21,23-25,46H2,1-3H3. The van der Waals surface area contributed by atoms with Gasteiger partial charge in [-0.3, -0.25) is 4.79 Å². The summed E-state index contributed by atoms with van der Waals surface area (Å²) in [5, 5.41) is 64.7. The van der Waals surface area contributed by atoms with Crippen molar-refractivity contribution in [2.24, 2.45) is 63.9 Å². The third kappa shape index (κ3) is 6.26. The Balaban J connectivity index is 1.11. The number of aliphatic hydroxyl groups excluding tert-OH is 3. The van der Waals surface area contributed by atoms with E-state index in [0.717, 1.165) is 95.1 Å². The summed E-state index contributed by atoms with van der Waals surface area (Å²) in [7, 11) is 0. The van der Waals surface area contributed by atoms with E-state index >= 15 is 0 Å². The van der Waals surface area contributed by atoms with E-state index in [1.165, 1.54) is 25.7 Å². The van der Waals surface area contributed by atoms with Crippen molar-refractivity contribution in [2.75, 3.05) is 6.54 Å². The van der Waals surface area contributed by atoms with E-state index in [2.05, 4.69) is 19.2 Å². The average molecular weight is 755 g/mol. The van der Waals surface area contributed by atoms with Gasteiger partial charge in [0.05, 0.1) is 41.8 Å². The monoisotopic (exact) mass is 755 g/mol. The van der Waals surface area contributed by atoms with Crippen LogP contribution in [0.15, 0.2) is 11.6 Å². The van der Waals surface area contributed by atoms with E-state index in [1.807, 2.05) is 6.92 Å². The summed E-state index contributed by atoms with van der Waals surface area (Å²) < 4.78 is 6.80. The maximum Gasteiger partial charge on any atom is 0.159 e. The van der Waals surface area contributed by atoms with Crippen LogP contribution in [0.25, 0.3) is 0 Å². The zero-order chi connectivity index (χ0) is 38.2. The molecule has 0 amide bonds. The molecule has 0 bridgehead atoms. The van der Waals surface area contributed by atoms with E-state index < -0.39 is 46.4 Å². The molecule has 7 fully saturated rings. The first-order chi connectivity index (χ1) is 25.8. The number of fused-ring (bicyclic) bond motifs is 6. The fourth-order valence-corrected chi connectivity index (χ4v) is 15.4. The zero-order valence-electron chi connectivity index (χ0n) is 33.6. The van der Waals surface area contributed by atoms with Crippen LogP contribution in [0, 0.1) is 58.2 Å². The Morgan fingerprint density at radius 2 is 1.70 bits per heavy atom. The molecule has 8 rings (SSSR count). The van der Waals surface area contributed by atoms with Crippen molar-refractivity contribution in [3.63, 3.8) is 0 Å². The lowest BCUT2D eigenvalue weighted by molar-refractivity contribution is -0.216. The van der Waals surface area contributed by atoms with Crippen LogP contribution in [0.1, 0.15) is 149 Å². The van der Waals surface area contributed by atoms with Crippen molar-refractivity contribution in [1.29, 1.82) is 0 Å². The topological polar surface area (TPSA) is 166 Å². The normalized spacial score (nSPS) is 49.9. The number of nitrogens with one attached hydrogen (secondary N) is 1. The number of piperidine rings is 1. The number of carbonyl (C=O) groups is 1. The van der Waals surface area contributed by atoms with E-state index in [-0.39, 0.29) is 54.1 Å². The fraction of sp³-hybridized carbons (Fsp3) is 0.933. The van der Waals surface area contributed by atoms with E-state index in [0.29, 0.717) is 31.1 Å². The molecule has 9 heteroatoms. The average Bonchev–Trinajstić information content (AvgIpc) is 3.84. The summed E-state index contributed by atoms with van der Waals surface area (Å²) in [5.74, 6) is 1.02. The minimum atomic E-state index is -1.49. The summed E-state index contributed by atoms with van der Waals surface area (Å²) in [4.78, 5) is 14.5. The maximum atomic E-state index is 14.5. The summed E-state index contributed by atoms with van der Waals surface area (Å²) in [6, 6.07) is 0. The minimum absolute atomic E-state index is 0.0161. The highest BCUT2D eigenvalue weighted by Crippen LogP contribution is 2.73. The highest BCUT2D eigenvalue weighted by Gasteiger charge is 2.73. The summed E-state index contributed by atoms with van der Waals surface area (Å²) in [6.45, 7) is 7.16. The molecule has 0 aromatic carbocycles. The van der Waals surface area contributed by atoms with Gasteiger partial charge in [0.15, 0.2) is 5.78 Å². The molecule has 54 heavy (non-hydrogen) atoms. The second-order valence-corrected chi connectivity index (χ2v) is 20.6. The second-order valence-electron chi connectivity index (χ2n) is 20.6. The lowest BCUT2D eigenvalue weighted by atomic mass is 9.42. The number of nitrogens with two attached hydrogens (primary N) is 1. The molecule has 8 N–H and O–H groups in total. The smallest absolute Gasteiger partial charge is 0.159 e. The Bertz CT molecular complexity index is 1390. The van der Waals surface area contributed by atoms with Gasteiger partial charge in [0.25, 0.3) is 0 Å². The van der Waals surface area contributed by atoms with Gasteiger partial charge in [0, 0.05) is 11.3 Å². The molecule has 0 aromatic rings. The third-order valence-electron chi connectivity index (χ3n) is 18.2. The number of ether oxygens (including phenoxy) is 1. The Labute approximate surface area is 324 Å². The van der Waals surface area contributed by atoms with Crippen LogP contribution in [0.2, 0.25) is 0 Å². The zero-order valence-corrected chi connectivity index (χ0v) is 33.6. The van der Waals surface area contributed by atoms with Gasteiger partial charge in [-0.15, -0.1) is 0 Å². The number of rotatable bonds is 9. The van der Waals surface area contributed by atoms with Gasteiger partial charge in [-0.1, -0.05) is 46.0 Å². The molecule has 8 aliphatic rings. The van der Waals surface area contributed by atoms with Crippen molar-refractivity contribution in [2.45, 2.75) is 197 Å².